The van der Waals surface area contributed by atoms with Crippen molar-refractivity contribution >= 4 is 0 Å². The molecule has 2 fully saturated rings. The molecule has 4 nitrogen and oxygen atoms in total. The molecule has 1 aliphatic carbocycles. The molecule has 30 heavy (non-hydrogen) atoms. The van der Waals surface area contributed by atoms with Gasteiger partial charge in [0.15, 0.2) is 5.76 Å². The van der Waals surface area contributed by atoms with Gasteiger partial charge in [0.1, 0.15) is 5.69 Å². The number of benzene rings is 2. The fraction of sp³-hybridized carbons (Fsp3) is 0.423. The van der Waals surface area contributed by atoms with E-state index >= 15 is 0 Å². The van der Waals surface area contributed by atoms with E-state index in [1.165, 1.54) is 11.1 Å². The number of hydrogen-bond acceptors (Lipinski definition) is 4. The van der Waals surface area contributed by atoms with Crippen molar-refractivity contribution in [3.8, 4) is 22.4 Å². The van der Waals surface area contributed by atoms with Crippen molar-refractivity contribution in [1.82, 2.24) is 10.1 Å². The van der Waals surface area contributed by atoms with Crippen molar-refractivity contribution in [3.63, 3.8) is 0 Å². The summed E-state index contributed by atoms with van der Waals surface area (Å²) in [5, 5.41) is 14.3. The normalized spacial score (nSPS) is 23.0. The van der Waals surface area contributed by atoms with Gasteiger partial charge in [-0.3, -0.25) is 0 Å². The van der Waals surface area contributed by atoms with Crippen molar-refractivity contribution in [2.24, 2.45) is 11.8 Å². The minimum absolute atomic E-state index is 0.0329. The monoisotopic (exact) mass is 402 g/mol. The minimum atomic E-state index is 0.0329. The molecule has 2 heterocycles. The smallest absolute Gasteiger partial charge is 0.152 e. The Bertz CT molecular complexity index is 1010. The molecule has 5 rings (SSSR count). The summed E-state index contributed by atoms with van der Waals surface area (Å²) in [5.74, 6) is 1.95. The van der Waals surface area contributed by atoms with Gasteiger partial charge in [-0.1, -0.05) is 72.2 Å². The summed E-state index contributed by atoms with van der Waals surface area (Å²) in [6.45, 7) is 7.63. The lowest BCUT2D eigenvalue weighted by Gasteiger charge is -2.22. The lowest BCUT2D eigenvalue weighted by molar-refractivity contribution is 0.201. The van der Waals surface area contributed by atoms with Crippen LogP contribution < -0.4 is 0 Å². The van der Waals surface area contributed by atoms with E-state index in [0.717, 1.165) is 55.1 Å². The Morgan fingerprint density at radius 1 is 1.03 bits per heavy atom. The first-order chi connectivity index (χ1) is 14.6. The predicted molar refractivity (Wildman–Crippen MR) is 119 cm³/mol. The maximum atomic E-state index is 9.67. The van der Waals surface area contributed by atoms with E-state index in [1.807, 2.05) is 0 Å². The molecule has 1 aromatic heterocycles. The van der Waals surface area contributed by atoms with Gasteiger partial charge in [-0.25, -0.2) is 0 Å². The molecule has 0 unspecified atom stereocenters. The molecule has 4 heteroatoms. The van der Waals surface area contributed by atoms with Crippen molar-refractivity contribution in [3.05, 3.63) is 65.9 Å². The maximum absolute atomic E-state index is 9.67. The molecule has 1 aliphatic heterocycles. The van der Waals surface area contributed by atoms with E-state index < -0.39 is 0 Å². The first-order valence-corrected chi connectivity index (χ1v) is 11.1. The Hall–Kier alpha value is -2.43. The van der Waals surface area contributed by atoms with Crippen LogP contribution in [-0.4, -0.2) is 41.4 Å². The van der Waals surface area contributed by atoms with Gasteiger partial charge in [0.25, 0.3) is 0 Å². The van der Waals surface area contributed by atoms with Crippen molar-refractivity contribution in [2.45, 2.75) is 32.1 Å². The van der Waals surface area contributed by atoms with E-state index in [4.69, 9.17) is 4.52 Å². The highest BCUT2D eigenvalue weighted by molar-refractivity contribution is 5.83. The quantitative estimate of drug-likeness (QED) is 0.637. The van der Waals surface area contributed by atoms with Crippen LogP contribution in [0.4, 0.5) is 0 Å². The number of aliphatic hydroxyl groups is 1. The SMILES string of the molecule is Cc1ccc(-c2noc(C3(CN4C[C@H](CO)[C@@H](C)C4)CC3)c2-c2ccccc2)cc1. The molecule has 3 aromatic rings. The number of rotatable bonds is 6. The van der Waals surface area contributed by atoms with Gasteiger partial charge in [0.2, 0.25) is 0 Å². The lowest BCUT2D eigenvalue weighted by atomic mass is 9.91. The summed E-state index contributed by atoms with van der Waals surface area (Å²) < 4.78 is 6.13. The third-order valence-electron chi connectivity index (χ3n) is 7.02. The number of hydrogen-bond donors (Lipinski definition) is 1. The molecule has 0 amide bonds. The lowest BCUT2D eigenvalue weighted by Crippen LogP contribution is -2.31. The minimum Gasteiger partial charge on any atom is -0.396 e. The summed E-state index contributed by atoms with van der Waals surface area (Å²) in [5.41, 5.74) is 5.61. The highest BCUT2D eigenvalue weighted by Gasteiger charge is 2.52. The summed E-state index contributed by atoms with van der Waals surface area (Å²) >= 11 is 0. The topological polar surface area (TPSA) is 49.5 Å². The van der Waals surface area contributed by atoms with Gasteiger partial charge in [0.05, 0.1) is 5.56 Å². The number of aliphatic hydroxyl groups excluding tert-OH is 1. The number of likely N-dealkylation sites (tertiary alicyclic amines) is 1. The van der Waals surface area contributed by atoms with Gasteiger partial charge < -0.3 is 14.5 Å². The van der Waals surface area contributed by atoms with Crippen molar-refractivity contribution < 1.29 is 9.63 Å². The fourth-order valence-corrected chi connectivity index (χ4v) is 4.98. The van der Waals surface area contributed by atoms with Gasteiger partial charge in [0, 0.05) is 37.2 Å². The molecule has 1 N–H and O–H groups in total. The molecule has 1 saturated heterocycles. The molecule has 0 spiro atoms. The highest BCUT2D eigenvalue weighted by atomic mass is 16.5. The molecule has 2 aromatic carbocycles. The molecule has 0 radical (unpaired) electrons. The van der Waals surface area contributed by atoms with Crippen LogP contribution in [0.1, 0.15) is 31.1 Å². The van der Waals surface area contributed by atoms with Crippen LogP contribution in [0.25, 0.3) is 22.4 Å². The van der Waals surface area contributed by atoms with Crippen LogP contribution in [0.3, 0.4) is 0 Å². The Kier molecular flexibility index (Phi) is 5.00. The van der Waals surface area contributed by atoms with Crippen molar-refractivity contribution in [1.29, 1.82) is 0 Å². The third kappa shape index (κ3) is 3.48. The molecule has 0 bridgehead atoms. The van der Waals surface area contributed by atoms with E-state index in [2.05, 4.69) is 78.5 Å². The summed E-state index contributed by atoms with van der Waals surface area (Å²) in [6.07, 6.45) is 2.26. The molecular weight excluding hydrogens is 372 g/mol. The number of nitrogens with zero attached hydrogens (tertiary/aromatic N) is 2. The van der Waals surface area contributed by atoms with Gasteiger partial charge in [-0.15, -0.1) is 0 Å². The predicted octanol–water partition coefficient (Wildman–Crippen LogP) is 4.91. The average molecular weight is 403 g/mol. The van der Waals surface area contributed by atoms with Crippen LogP contribution in [0.2, 0.25) is 0 Å². The zero-order valence-electron chi connectivity index (χ0n) is 17.8. The third-order valence-corrected chi connectivity index (χ3v) is 7.02. The average Bonchev–Trinajstić information content (AvgIpc) is 3.24. The zero-order chi connectivity index (χ0) is 20.7. The summed E-state index contributed by atoms with van der Waals surface area (Å²) in [7, 11) is 0. The second-order valence-corrected chi connectivity index (χ2v) is 9.36. The molecule has 1 saturated carbocycles. The number of aryl methyl sites for hydroxylation is 1. The fourth-order valence-electron chi connectivity index (χ4n) is 4.98. The second kappa shape index (κ2) is 7.68. The Morgan fingerprint density at radius 2 is 1.77 bits per heavy atom. The van der Waals surface area contributed by atoms with Crippen LogP contribution in [0.5, 0.6) is 0 Å². The van der Waals surface area contributed by atoms with Gasteiger partial charge in [-0.2, -0.15) is 0 Å². The van der Waals surface area contributed by atoms with Crippen LogP contribution in [0.15, 0.2) is 59.1 Å². The number of aromatic nitrogens is 1. The van der Waals surface area contributed by atoms with Crippen LogP contribution >= 0.6 is 0 Å². The summed E-state index contributed by atoms with van der Waals surface area (Å²) in [4.78, 5) is 2.52. The van der Waals surface area contributed by atoms with Gasteiger partial charge in [-0.05, 0) is 37.2 Å². The first kappa shape index (κ1) is 19.5. The Morgan fingerprint density at radius 3 is 2.40 bits per heavy atom. The second-order valence-electron chi connectivity index (χ2n) is 9.36. The van der Waals surface area contributed by atoms with Gasteiger partial charge >= 0.3 is 0 Å². The summed E-state index contributed by atoms with van der Waals surface area (Å²) in [6, 6.07) is 19.1. The van der Waals surface area contributed by atoms with Crippen LogP contribution in [0, 0.1) is 18.8 Å². The highest BCUT2D eigenvalue weighted by Crippen LogP contribution is 2.54. The Balaban J connectivity index is 1.53. The molecule has 2 atom stereocenters. The Labute approximate surface area is 178 Å². The van der Waals surface area contributed by atoms with Crippen molar-refractivity contribution in [2.75, 3.05) is 26.2 Å². The standard InChI is InChI=1S/C26H30N2O2/c1-18-8-10-21(11-9-18)24-23(20-6-4-3-5-7-20)25(30-27-24)26(12-13-26)17-28-14-19(2)22(15-28)16-29/h3-11,19,22,29H,12-17H2,1-2H3/t19-,22+/m0/s1. The van der Waals surface area contributed by atoms with E-state index in [0.29, 0.717) is 11.8 Å². The van der Waals surface area contributed by atoms with E-state index in [9.17, 15) is 5.11 Å². The van der Waals surface area contributed by atoms with E-state index in [-0.39, 0.29) is 12.0 Å². The van der Waals surface area contributed by atoms with E-state index in [1.54, 1.807) is 0 Å². The zero-order valence-corrected chi connectivity index (χ0v) is 17.8. The first-order valence-electron chi connectivity index (χ1n) is 11.1. The molecule has 156 valence electrons. The molecule has 2 aliphatic rings. The molecular formula is C26H30N2O2. The van der Waals surface area contributed by atoms with Crippen LogP contribution in [-0.2, 0) is 5.41 Å². The maximum Gasteiger partial charge on any atom is 0.152 e. The largest absolute Gasteiger partial charge is 0.396 e.